The number of thiazole rings is 1. The normalized spacial score (nSPS) is 16.7. The fourth-order valence-electron chi connectivity index (χ4n) is 2.15. The van der Waals surface area contributed by atoms with Crippen LogP contribution >= 0.6 is 11.3 Å². The predicted octanol–water partition coefficient (Wildman–Crippen LogP) is 1.71. The monoisotopic (exact) mass is 319 g/mol. The highest BCUT2D eigenvalue weighted by Gasteiger charge is 2.08. The van der Waals surface area contributed by atoms with Gasteiger partial charge in [0, 0.05) is 13.1 Å². The topological polar surface area (TPSA) is 74.2 Å². The third kappa shape index (κ3) is 4.91. The highest BCUT2D eigenvalue weighted by Crippen LogP contribution is 2.27. The smallest absolute Gasteiger partial charge is 0.207 e. The van der Waals surface area contributed by atoms with Gasteiger partial charge in [0.15, 0.2) is 0 Å². The summed E-state index contributed by atoms with van der Waals surface area (Å²) in [6.07, 6.45) is 1.58. The van der Waals surface area contributed by atoms with Crippen molar-refractivity contribution in [3.05, 3.63) is 41.0 Å². The van der Waals surface area contributed by atoms with E-state index in [9.17, 15) is 4.79 Å². The quantitative estimate of drug-likeness (QED) is 0.750. The van der Waals surface area contributed by atoms with E-state index in [1.165, 1.54) is 10.4 Å². The first-order valence-corrected chi connectivity index (χ1v) is 8.14. The van der Waals surface area contributed by atoms with Gasteiger partial charge in [-0.1, -0.05) is 24.3 Å². The molecule has 1 atom stereocenters. The van der Waals surface area contributed by atoms with Gasteiger partial charge < -0.3 is 15.7 Å². The van der Waals surface area contributed by atoms with E-state index in [1.807, 2.05) is 24.6 Å². The summed E-state index contributed by atoms with van der Waals surface area (Å²) in [4.78, 5) is 15.6. The van der Waals surface area contributed by atoms with E-state index < -0.39 is 0 Å². The van der Waals surface area contributed by atoms with Crippen molar-refractivity contribution in [2.75, 3.05) is 13.1 Å². The SMILES string of the molecule is Cc1ncsc1-c1ccc(CNC=O)cc1.OC1CCNC1. The maximum Gasteiger partial charge on any atom is 0.207 e. The molecular weight excluding hydrogens is 298 g/mol. The summed E-state index contributed by atoms with van der Waals surface area (Å²) in [6, 6.07) is 8.15. The number of aromatic nitrogens is 1. The van der Waals surface area contributed by atoms with Gasteiger partial charge in [-0.25, -0.2) is 4.98 Å². The van der Waals surface area contributed by atoms with Crippen LogP contribution in [0.5, 0.6) is 0 Å². The number of nitrogens with zero attached hydrogens (tertiary/aromatic N) is 1. The van der Waals surface area contributed by atoms with Crippen LogP contribution in [0.3, 0.4) is 0 Å². The Labute approximate surface area is 134 Å². The number of hydrogen-bond acceptors (Lipinski definition) is 5. The summed E-state index contributed by atoms with van der Waals surface area (Å²) in [5.41, 5.74) is 5.18. The molecule has 1 aromatic heterocycles. The first-order valence-electron chi connectivity index (χ1n) is 7.26. The van der Waals surface area contributed by atoms with Crippen LogP contribution in [0, 0.1) is 6.92 Å². The van der Waals surface area contributed by atoms with Crippen molar-refractivity contribution in [1.29, 1.82) is 0 Å². The van der Waals surface area contributed by atoms with Gasteiger partial charge in [0.1, 0.15) is 0 Å². The lowest BCUT2D eigenvalue weighted by Gasteiger charge is -2.02. The molecule has 3 rings (SSSR count). The molecule has 1 unspecified atom stereocenters. The minimum atomic E-state index is -0.0648. The van der Waals surface area contributed by atoms with E-state index in [0.29, 0.717) is 13.0 Å². The molecule has 6 heteroatoms. The minimum absolute atomic E-state index is 0.0648. The van der Waals surface area contributed by atoms with Gasteiger partial charge in [-0.15, -0.1) is 11.3 Å². The maximum absolute atomic E-state index is 10.2. The molecule has 1 fully saturated rings. The highest BCUT2D eigenvalue weighted by molar-refractivity contribution is 7.13. The van der Waals surface area contributed by atoms with Crippen LogP contribution in [0.1, 0.15) is 17.7 Å². The Balaban J connectivity index is 0.000000246. The second-order valence-corrected chi connectivity index (χ2v) is 5.96. The molecule has 118 valence electrons. The van der Waals surface area contributed by atoms with Crippen LogP contribution < -0.4 is 10.6 Å². The van der Waals surface area contributed by atoms with E-state index in [-0.39, 0.29) is 6.10 Å². The van der Waals surface area contributed by atoms with E-state index in [1.54, 1.807) is 11.3 Å². The molecule has 0 bridgehead atoms. The minimum Gasteiger partial charge on any atom is -0.392 e. The molecule has 2 aromatic rings. The molecule has 1 amide bonds. The highest BCUT2D eigenvalue weighted by atomic mass is 32.1. The van der Waals surface area contributed by atoms with E-state index in [2.05, 4.69) is 27.8 Å². The number of β-amino-alcohol motifs (C(OH)–C–C–N with tert-alkyl or cyclic N) is 1. The van der Waals surface area contributed by atoms with Gasteiger partial charge in [0.25, 0.3) is 0 Å². The molecule has 0 saturated carbocycles. The molecule has 2 heterocycles. The van der Waals surface area contributed by atoms with Crippen molar-refractivity contribution in [3.63, 3.8) is 0 Å². The lowest BCUT2D eigenvalue weighted by molar-refractivity contribution is -0.109. The molecule has 0 radical (unpaired) electrons. The molecule has 1 aliphatic heterocycles. The second-order valence-electron chi connectivity index (χ2n) is 5.11. The molecule has 1 aliphatic rings. The molecule has 3 N–H and O–H groups in total. The van der Waals surface area contributed by atoms with Gasteiger partial charge >= 0.3 is 0 Å². The Morgan fingerprint density at radius 1 is 1.45 bits per heavy atom. The molecule has 0 spiro atoms. The van der Waals surface area contributed by atoms with E-state index >= 15 is 0 Å². The third-order valence-corrected chi connectivity index (χ3v) is 4.36. The lowest BCUT2D eigenvalue weighted by Crippen LogP contribution is -2.11. The summed E-state index contributed by atoms with van der Waals surface area (Å²) >= 11 is 1.64. The Morgan fingerprint density at radius 3 is 2.68 bits per heavy atom. The van der Waals surface area contributed by atoms with Crippen molar-refractivity contribution >= 4 is 17.7 Å². The number of aliphatic hydroxyl groups excluding tert-OH is 1. The number of nitrogens with one attached hydrogen (secondary N) is 2. The van der Waals surface area contributed by atoms with Crippen molar-refractivity contribution in [2.24, 2.45) is 0 Å². The van der Waals surface area contributed by atoms with Gasteiger partial charge in [-0.3, -0.25) is 4.79 Å². The number of carbonyl (C=O) groups is 1. The summed E-state index contributed by atoms with van der Waals surface area (Å²) in [7, 11) is 0. The van der Waals surface area contributed by atoms with Crippen molar-refractivity contribution in [1.82, 2.24) is 15.6 Å². The number of hydrogen-bond donors (Lipinski definition) is 3. The largest absolute Gasteiger partial charge is 0.392 e. The standard InChI is InChI=1S/C12H12N2OS.C4H9NO/c1-9-12(16-8-14-9)11-4-2-10(3-5-11)6-13-7-15;6-4-1-2-5-3-4/h2-5,7-8H,6H2,1H3,(H,13,15);4-6H,1-3H2. The molecular formula is C16H21N3O2S. The number of rotatable bonds is 4. The first kappa shape index (κ1) is 16.6. The number of benzene rings is 1. The van der Waals surface area contributed by atoms with Gasteiger partial charge in [-0.05, 0) is 31.0 Å². The predicted molar refractivity (Wildman–Crippen MR) is 88.7 cm³/mol. The van der Waals surface area contributed by atoms with Crippen LogP contribution in [-0.4, -0.2) is 35.7 Å². The number of aliphatic hydroxyl groups is 1. The third-order valence-electron chi connectivity index (χ3n) is 3.39. The average molecular weight is 319 g/mol. The zero-order valence-electron chi connectivity index (χ0n) is 12.6. The van der Waals surface area contributed by atoms with Crippen LogP contribution in [0.2, 0.25) is 0 Å². The maximum atomic E-state index is 10.2. The van der Waals surface area contributed by atoms with E-state index in [4.69, 9.17) is 5.11 Å². The van der Waals surface area contributed by atoms with Crippen molar-refractivity contribution in [3.8, 4) is 10.4 Å². The Bertz CT molecular complexity index is 577. The molecule has 5 nitrogen and oxygen atoms in total. The van der Waals surface area contributed by atoms with Crippen molar-refractivity contribution < 1.29 is 9.90 Å². The Hall–Kier alpha value is -1.76. The van der Waals surface area contributed by atoms with Crippen LogP contribution in [0.25, 0.3) is 10.4 Å². The number of carbonyl (C=O) groups excluding carboxylic acids is 1. The van der Waals surface area contributed by atoms with Gasteiger partial charge in [0.05, 0.1) is 22.2 Å². The van der Waals surface area contributed by atoms with Crippen LogP contribution in [0.4, 0.5) is 0 Å². The summed E-state index contributed by atoms with van der Waals surface area (Å²) in [5.74, 6) is 0. The number of amides is 1. The fraction of sp³-hybridized carbons (Fsp3) is 0.375. The fourth-order valence-corrected chi connectivity index (χ4v) is 2.96. The summed E-state index contributed by atoms with van der Waals surface area (Å²) < 4.78 is 0. The first-order chi connectivity index (χ1) is 10.7. The van der Waals surface area contributed by atoms with Crippen LogP contribution in [-0.2, 0) is 11.3 Å². The molecule has 1 saturated heterocycles. The average Bonchev–Trinajstić information content (AvgIpc) is 3.17. The zero-order valence-corrected chi connectivity index (χ0v) is 13.4. The molecule has 0 aliphatic carbocycles. The molecule has 22 heavy (non-hydrogen) atoms. The second kappa shape index (κ2) is 8.63. The Kier molecular flexibility index (Phi) is 6.51. The van der Waals surface area contributed by atoms with Gasteiger partial charge in [0.2, 0.25) is 6.41 Å². The summed E-state index contributed by atoms with van der Waals surface area (Å²) in [6.45, 7) is 4.36. The summed E-state index contributed by atoms with van der Waals surface area (Å²) in [5, 5.41) is 14.3. The number of aryl methyl sites for hydroxylation is 1. The van der Waals surface area contributed by atoms with E-state index in [0.717, 1.165) is 30.8 Å². The van der Waals surface area contributed by atoms with Crippen LogP contribution in [0.15, 0.2) is 29.8 Å². The molecule has 1 aromatic carbocycles. The lowest BCUT2D eigenvalue weighted by atomic mass is 10.1. The Morgan fingerprint density at radius 2 is 2.23 bits per heavy atom. The van der Waals surface area contributed by atoms with Gasteiger partial charge in [-0.2, -0.15) is 0 Å². The van der Waals surface area contributed by atoms with Crippen molar-refractivity contribution in [2.45, 2.75) is 26.0 Å². The zero-order chi connectivity index (χ0) is 15.8.